The molecule has 1 aromatic carbocycles. The summed E-state index contributed by atoms with van der Waals surface area (Å²) in [5.41, 5.74) is -0.0775. The predicted octanol–water partition coefficient (Wildman–Crippen LogP) is 2.23. The van der Waals surface area contributed by atoms with Crippen LogP contribution in [-0.4, -0.2) is 9.85 Å². The number of nitro groups is 2. The lowest BCUT2D eigenvalue weighted by Gasteiger charge is -2.01. The second-order valence-electron chi connectivity index (χ2n) is 3.08. The Bertz CT molecular complexity index is 504. The van der Waals surface area contributed by atoms with Crippen LogP contribution in [0.5, 0.6) is 0 Å². The Hall–Kier alpha value is -2.49. The lowest BCUT2D eigenvalue weighted by atomic mass is 10.1. The maximum atomic E-state index is 10.7. The molecule has 0 bridgehead atoms. The van der Waals surface area contributed by atoms with Crippen molar-refractivity contribution in [3.8, 4) is 0 Å². The van der Waals surface area contributed by atoms with E-state index < -0.39 is 9.85 Å². The maximum absolute atomic E-state index is 10.7. The monoisotopic (exact) mass is 221 g/mol. The lowest BCUT2D eigenvalue weighted by molar-refractivity contribution is -0.394. The Balaban J connectivity index is 3.46. The molecule has 82 valence electrons. The number of non-ortho nitro benzene ring substituents is 1. The summed E-state index contributed by atoms with van der Waals surface area (Å²) in [4.78, 5) is 22.9. The Labute approximate surface area is 90.4 Å². The summed E-state index contributed by atoms with van der Waals surface area (Å²) < 4.78 is 0. The fourth-order valence-electron chi connectivity index (χ4n) is 1.29. The molecule has 1 aromatic rings. The van der Waals surface area contributed by atoms with E-state index in [1.807, 2.05) is 0 Å². The molecule has 0 unspecified atom stereocenters. The fourth-order valence-corrected chi connectivity index (χ4v) is 1.29. The van der Waals surface area contributed by atoms with E-state index in [1.54, 1.807) is 0 Å². The van der Waals surface area contributed by atoms with Crippen LogP contribution in [0.4, 0.5) is 11.4 Å². The predicted molar refractivity (Wildman–Crippen MR) is 54.8 cm³/mol. The highest BCUT2D eigenvalue weighted by Gasteiger charge is 2.22. The molecular formula is C9H7N3O4. The highest BCUT2D eigenvalue weighted by Crippen LogP contribution is 2.28. The van der Waals surface area contributed by atoms with E-state index in [1.165, 1.54) is 13.0 Å². The molecule has 7 nitrogen and oxygen atoms in total. The van der Waals surface area contributed by atoms with E-state index in [-0.39, 0.29) is 17.9 Å². The molecule has 0 aliphatic carbocycles. The van der Waals surface area contributed by atoms with E-state index in [0.717, 1.165) is 6.07 Å². The van der Waals surface area contributed by atoms with Crippen LogP contribution in [0.3, 0.4) is 0 Å². The van der Waals surface area contributed by atoms with E-state index in [0.29, 0.717) is 11.1 Å². The molecule has 7 heteroatoms. The molecule has 0 saturated carbocycles. The van der Waals surface area contributed by atoms with Crippen molar-refractivity contribution < 1.29 is 9.85 Å². The number of hydrogen-bond donors (Lipinski definition) is 0. The summed E-state index contributed by atoms with van der Waals surface area (Å²) in [6, 6.07) is 2.10. The highest BCUT2D eigenvalue weighted by molar-refractivity contribution is 5.53. The number of nitro benzene ring substituents is 2. The quantitative estimate of drug-likeness (QED) is 0.444. The van der Waals surface area contributed by atoms with Gasteiger partial charge in [-0.15, -0.1) is 0 Å². The van der Waals surface area contributed by atoms with Crippen LogP contribution in [0.25, 0.3) is 4.85 Å². The molecule has 0 aliphatic rings. The molecule has 0 saturated heterocycles. The number of rotatable bonds is 3. The van der Waals surface area contributed by atoms with Gasteiger partial charge in [-0.3, -0.25) is 20.2 Å². The Morgan fingerprint density at radius 1 is 1.31 bits per heavy atom. The Kier molecular flexibility index (Phi) is 3.15. The standard InChI is InChI=1S/C9H7N3O4/c1-6-7(5-10-2)3-8(11(13)14)4-9(6)12(15)16/h3-4H,5H2,1H3. The lowest BCUT2D eigenvalue weighted by Crippen LogP contribution is -1.99. The molecule has 0 aliphatic heterocycles. The second-order valence-corrected chi connectivity index (χ2v) is 3.08. The molecule has 16 heavy (non-hydrogen) atoms. The first-order valence-electron chi connectivity index (χ1n) is 4.23. The van der Waals surface area contributed by atoms with Crippen molar-refractivity contribution in [3.05, 3.63) is 54.9 Å². The molecule has 0 heterocycles. The van der Waals surface area contributed by atoms with Gasteiger partial charge in [-0.1, -0.05) is 0 Å². The summed E-state index contributed by atoms with van der Waals surface area (Å²) >= 11 is 0. The summed E-state index contributed by atoms with van der Waals surface area (Å²) in [6.07, 6.45) is 0. The normalized spacial score (nSPS) is 9.50. The van der Waals surface area contributed by atoms with Gasteiger partial charge >= 0.3 is 0 Å². The van der Waals surface area contributed by atoms with Crippen molar-refractivity contribution in [3.63, 3.8) is 0 Å². The van der Waals surface area contributed by atoms with Crippen LogP contribution in [0, 0.1) is 33.7 Å². The van der Waals surface area contributed by atoms with Gasteiger partial charge in [0, 0.05) is 17.2 Å². The molecule has 0 N–H and O–H groups in total. The van der Waals surface area contributed by atoms with Gasteiger partial charge in [-0.25, -0.2) is 6.57 Å². The largest absolute Gasteiger partial charge is 0.312 e. The van der Waals surface area contributed by atoms with Gasteiger partial charge in [0.2, 0.25) is 6.54 Å². The zero-order valence-electron chi connectivity index (χ0n) is 8.34. The first-order chi connectivity index (χ1) is 7.47. The fraction of sp³-hybridized carbons (Fsp3) is 0.222. The zero-order valence-corrected chi connectivity index (χ0v) is 8.34. The van der Waals surface area contributed by atoms with Crippen LogP contribution in [0.15, 0.2) is 12.1 Å². The Morgan fingerprint density at radius 2 is 1.94 bits per heavy atom. The smallest absolute Gasteiger partial charge is 0.279 e. The van der Waals surface area contributed by atoms with Crippen molar-refractivity contribution >= 4 is 11.4 Å². The maximum Gasteiger partial charge on any atom is 0.279 e. The third-order valence-electron chi connectivity index (χ3n) is 2.13. The summed E-state index contributed by atoms with van der Waals surface area (Å²) in [5.74, 6) is 0. The summed E-state index contributed by atoms with van der Waals surface area (Å²) in [5, 5.41) is 21.2. The van der Waals surface area contributed by atoms with Crippen LogP contribution < -0.4 is 0 Å². The van der Waals surface area contributed by atoms with Crippen molar-refractivity contribution in [1.29, 1.82) is 0 Å². The van der Waals surface area contributed by atoms with Crippen molar-refractivity contribution in [1.82, 2.24) is 0 Å². The van der Waals surface area contributed by atoms with E-state index in [2.05, 4.69) is 4.85 Å². The van der Waals surface area contributed by atoms with Gasteiger partial charge in [0.05, 0.1) is 15.9 Å². The molecule has 0 spiro atoms. The molecule has 0 radical (unpaired) electrons. The third-order valence-corrected chi connectivity index (χ3v) is 2.13. The minimum absolute atomic E-state index is 0.103. The third kappa shape index (κ3) is 2.12. The van der Waals surface area contributed by atoms with Crippen LogP contribution in [0.2, 0.25) is 0 Å². The van der Waals surface area contributed by atoms with Gasteiger partial charge in [0.1, 0.15) is 0 Å². The average molecular weight is 221 g/mol. The first-order valence-corrected chi connectivity index (χ1v) is 4.23. The SMILES string of the molecule is [C-]#[N+]Cc1cc([N+](=O)[O-])cc([N+](=O)[O-])c1C. The van der Waals surface area contributed by atoms with Gasteiger partial charge in [0.15, 0.2) is 0 Å². The summed E-state index contributed by atoms with van der Waals surface area (Å²) in [6.45, 7) is 8.05. The minimum Gasteiger partial charge on any atom is -0.312 e. The van der Waals surface area contributed by atoms with Gasteiger partial charge in [-0.2, -0.15) is 0 Å². The number of nitrogens with zero attached hydrogens (tertiary/aromatic N) is 3. The van der Waals surface area contributed by atoms with Crippen LogP contribution >= 0.6 is 0 Å². The highest BCUT2D eigenvalue weighted by atomic mass is 16.6. The first kappa shape index (κ1) is 11.6. The van der Waals surface area contributed by atoms with Crippen LogP contribution in [0.1, 0.15) is 11.1 Å². The van der Waals surface area contributed by atoms with E-state index in [9.17, 15) is 20.2 Å². The Morgan fingerprint density at radius 3 is 2.38 bits per heavy atom. The van der Waals surface area contributed by atoms with Crippen LogP contribution in [-0.2, 0) is 6.54 Å². The molecule has 0 fully saturated rings. The van der Waals surface area contributed by atoms with Crippen molar-refractivity contribution in [2.75, 3.05) is 0 Å². The van der Waals surface area contributed by atoms with E-state index >= 15 is 0 Å². The molecular weight excluding hydrogens is 214 g/mol. The second kappa shape index (κ2) is 4.35. The van der Waals surface area contributed by atoms with Gasteiger partial charge in [-0.05, 0) is 6.92 Å². The van der Waals surface area contributed by atoms with Gasteiger partial charge < -0.3 is 4.85 Å². The van der Waals surface area contributed by atoms with E-state index in [4.69, 9.17) is 6.57 Å². The zero-order chi connectivity index (χ0) is 12.3. The molecule has 1 rings (SSSR count). The number of benzene rings is 1. The van der Waals surface area contributed by atoms with Gasteiger partial charge in [0.25, 0.3) is 11.4 Å². The van der Waals surface area contributed by atoms with Crippen molar-refractivity contribution in [2.24, 2.45) is 0 Å². The average Bonchev–Trinajstić information content (AvgIpc) is 2.20. The molecule has 0 amide bonds. The summed E-state index contributed by atoms with van der Waals surface area (Å²) in [7, 11) is 0. The topological polar surface area (TPSA) is 90.6 Å². The molecule has 0 aromatic heterocycles. The molecule has 0 atom stereocenters. The minimum atomic E-state index is -0.708. The number of hydrogen-bond acceptors (Lipinski definition) is 4. The van der Waals surface area contributed by atoms with Crippen molar-refractivity contribution in [2.45, 2.75) is 13.5 Å².